The summed E-state index contributed by atoms with van der Waals surface area (Å²) in [5, 5.41) is 2.92. The first-order valence-corrected chi connectivity index (χ1v) is 9.68. The van der Waals surface area contributed by atoms with Crippen LogP contribution in [0.4, 0.5) is 0 Å². The second-order valence-corrected chi connectivity index (χ2v) is 7.25. The van der Waals surface area contributed by atoms with E-state index in [0.29, 0.717) is 6.54 Å². The van der Waals surface area contributed by atoms with Crippen molar-refractivity contribution in [2.24, 2.45) is 0 Å². The second kappa shape index (κ2) is 7.84. The standard InChI is InChI=1S/C22H24N4O2/c1-15(27)23-19(16-8-3-2-4-9-16)14-21(28)26-13-7-12-20(26)22-24-17-10-5-6-11-18(17)25-22/h2-6,8-11,19-20H,7,12-14H2,1H3,(H,23,27)(H,24,25). The highest BCUT2D eigenvalue weighted by atomic mass is 16.2. The lowest BCUT2D eigenvalue weighted by molar-refractivity contribution is -0.133. The number of aromatic amines is 1. The van der Waals surface area contributed by atoms with Crippen molar-refractivity contribution in [3.63, 3.8) is 0 Å². The number of nitrogens with zero attached hydrogens (tertiary/aromatic N) is 2. The maximum atomic E-state index is 13.1. The largest absolute Gasteiger partial charge is 0.349 e. The monoisotopic (exact) mass is 376 g/mol. The predicted molar refractivity (Wildman–Crippen MR) is 107 cm³/mol. The van der Waals surface area contributed by atoms with Crippen molar-refractivity contribution in [1.29, 1.82) is 0 Å². The highest BCUT2D eigenvalue weighted by Gasteiger charge is 2.33. The summed E-state index contributed by atoms with van der Waals surface area (Å²) in [6.07, 6.45) is 2.08. The lowest BCUT2D eigenvalue weighted by Gasteiger charge is -2.26. The Balaban J connectivity index is 1.54. The number of aromatic nitrogens is 2. The van der Waals surface area contributed by atoms with Crippen molar-refractivity contribution in [1.82, 2.24) is 20.2 Å². The third-order valence-electron chi connectivity index (χ3n) is 5.25. The van der Waals surface area contributed by atoms with E-state index in [1.807, 2.05) is 59.5 Å². The minimum atomic E-state index is -0.330. The molecule has 2 N–H and O–H groups in total. The molecule has 2 heterocycles. The molecule has 4 rings (SSSR count). The van der Waals surface area contributed by atoms with Gasteiger partial charge in [-0.05, 0) is 30.5 Å². The van der Waals surface area contributed by atoms with Crippen molar-refractivity contribution < 1.29 is 9.59 Å². The molecule has 1 saturated heterocycles. The molecule has 0 bridgehead atoms. The molecule has 2 aromatic carbocycles. The van der Waals surface area contributed by atoms with Crippen LogP contribution in [0.25, 0.3) is 11.0 Å². The van der Waals surface area contributed by atoms with Crippen LogP contribution < -0.4 is 5.32 Å². The number of carbonyl (C=O) groups excluding carboxylic acids is 2. The first kappa shape index (κ1) is 18.2. The van der Waals surface area contributed by atoms with Crippen molar-refractivity contribution >= 4 is 22.8 Å². The number of fused-ring (bicyclic) bond motifs is 1. The minimum absolute atomic E-state index is 0.0329. The zero-order valence-electron chi connectivity index (χ0n) is 15.9. The lowest BCUT2D eigenvalue weighted by Crippen LogP contribution is -2.36. The first-order valence-electron chi connectivity index (χ1n) is 9.68. The van der Waals surface area contributed by atoms with E-state index in [1.54, 1.807) is 0 Å². The van der Waals surface area contributed by atoms with Crippen LogP contribution in [0, 0.1) is 0 Å². The number of amides is 2. The number of H-pyrrole nitrogens is 1. The molecule has 144 valence electrons. The Bertz CT molecular complexity index is 949. The van der Waals surface area contributed by atoms with E-state index in [4.69, 9.17) is 4.98 Å². The van der Waals surface area contributed by atoms with Gasteiger partial charge in [-0.3, -0.25) is 9.59 Å². The van der Waals surface area contributed by atoms with Gasteiger partial charge in [-0.2, -0.15) is 0 Å². The summed E-state index contributed by atoms with van der Waals surface area (Å²) < 4.78 is 0. The lowest BCUT2D eigenvalue weighted by atomic mass is 10.0. The zero-order chi connectivity index (χ0) is 19.5. The third kappa shape index (κ3) is 3.76. The van der Waals surface area contributed by atoms with Crippen LogP contribution in [0.15, 0.2) is 54.6 Å². The molecule has 1 aliphatic heterocycles. The van der Waals surface area contributed by atoms with Gasteiger partial charge in [0, 0.05) is 13.5 Å². The number of carbonyl (C=O) groups is 2. The summed E-state index contributed by atoms with van der Waals surface area (Å²) in [6, 6.07) is 17.2. The van der Waals surface area contributed by atoms with Crippen molar-refractivity contribution in [3.05, 3.63) is 66.0 Å². The summed E-state index contributed by atoms with van der Waals surface area (Å²) in [5.41, 5.74) is 2.83. The molecule has 6 heteroatoms. The summed E-state index contributed by atoms with van der Waals surface area (Å²) in [5.74, 6) is 0.727. The Labute approximate surface area is 164 Å². The summed E-state index contributed by atoms with van der Waals surface area (Å²) in [4.78, 5) is 34.8. The third-order valence-corrected chi connectivity index (χ3v) is 5.25. The van der Waals surface area contributed by atoms with Crippen molar-refractivity contribution in [2.45, 2.75) is 38.3 Å². The Morgan fingerprint density at radius 2 is 1.93 bits per heavy atom. The molecule has 1 aliphatic rings. The van der Waals surface area contributed by atoms with Gasteiger partial charge in [0.1, 0.15) is 5.82 Å². The normalized spacial score (nSPS) is 17.6. The van der Waals surface area contributed by atoms with Gasteiger partial charge in [0.15, 0.2) is 0 Å². The molecule has 2 atom stereocenters. The smallest absolute Gasteiger partial charge is 0.225 e. The van der Waals surface area contributed by atoms with Gasteiger partial charge in [0.25, 0.3) is 0 Å². The second-order valence-electron chi connectivity index (χ2n) is 7.25. The molecular formula is C22H24N4O2. The number of para-hydroxylation sites is 2. The Kier molecular flexibility index (Phi) is 5.10. The van der Waals surface area contributed by atoms with E-state index >= 15 is 0 Å². The highest BCUT2D eigenvalue weighted by Crippen LogP contribution is 2.33. The quantitative estimate of drug-likeness (QED) is 0.715. The van der Waals surface area contributed by atoms with Crippen LogP contribution in [0.2, 0.25) is 0 Å². The van der Waals surface area contributed by atoms with Gasteiger partial charge >= 0.3 is 0 Å². The molecule has 28 heavy (non-hydrogen) atoms. The van der Waals surface area contributed by atoms with Crippen LogP contribution in [-0.2, 0) is 9.59 Å². The van der Waals surface area contributed by atoms with Gasteiger partial charge in [0.05, 0.1) is 29.5 Å². The Morgan fingerprint density at radius 1 is 1.18 bits per heavy atom. The summed E-state index contributed by atoms with van der Waals surface area (Å²) in [7, 11) is 0. The maximum Gasteiger partial charge on any atom is 0.225 e. The topological polar surface area (TPSA) is 78.1 Å². The van der Waals surface area contributed by atoms with Gasteiger partial charge in [-0.1, -0.05) is 42.5 Å². The van der Waals surface area contributed by atoms with E-state index in [0.717, 1.165) is 35.3 Å². The zero-order valence-corrected chi connectivity index (χ0v) is 15.9. The molecule has 6 nitrogen and oxygen atoms in total. The number of likely N-dealkylation sites (tertiary alicyclic amines) is 1. The Morgan fingerprint density at radius 3 is 2.68 bits per heavy atom. The average Bonchev–Trinajstić information content (AvgIpc) is 3.34. The van der Waals surface area contributed by atoms with E-state index in [9.17, 15) is 9.59 Å². The molecule has 0 radical (unpaired) electrons. The number of nitrogens with one attached hydrogen (secondary N) is 2. The number of benzene rings is 2. The predicted octanol–water partition coefficient (Wildman–Crippen LogP) is 3.49. The summed E-state index contributed by atoms with van der Waals surface area (Å²) in [6.45, 7) is 2.19. The van der Waals surface area contributed by atoms with E-state index in [1.165, 1.54) is 6.92 Å². The fourth-order valence-corrected chi connectivity index (χ4v) is 3.95. The fourth-order valence-electron chi connectivity index (χ4n) is 3.95. The molecule has 0 spiro atoms. The van der Waals surface area contributed by atoms with Crippen molar-refractivity contribution in [2.75, 3.05) is 6.54 Å². The molecule has 3 aromatic rings. The number of rotatable bonds is 5. The number of hydrogen-bond acceptors (Lipinski definition) is 3. The summed E-state index contributed by atoms with van der Waals surface area (Å²) >= 11 is 0. The Hall–Kier alpha value is -3.15. The average molecular weight is 376 g/mol. The van der Waals surface area contributed by atoms with E-state index in [-0.39, 0.29) is 30.3 Å². The van der Waals surface area contributed by atoms with Gasteiger partial charge < -0.3 is 15.2 Å². The van der Waals surface area contributed by atoms with Crippen molar-refractivity contribution in [3.8, 4) is 0 Å². The van der Waals surface area contributed by atoms with Crippen LogP contribution in [0.3, 0.4) is 0 Å². The number of hydrogen-bond donors (Lipinski definition) is 2. The van der Waals surface area contributed by atoms with E-state index in [2.05, 4.69) is 10.3 Å². The van der Waals surface area contributed by atoms with Gasteiger partial charge in [-0.15, -0.1) is 0 Å². The first-order chi connectivity index (χ1) is 13.6. The highest BCUT2D eigenvalue weighted by molar-refractivity contribution is 5.80. The fraction of sp³-hybridized carbons (Fsp3) is 0.318. The van der Waals surface area contributed by atoms with E-state index < -0.39 is 0 Å². The molecule has 2 amide bonds. The molecular weight excluding hydrogens is 352 g/mol. The molecule has 1 aromatic heterocycles. The molecule has 1 fully saturated rings. The van der Waals surface area contributed by atoms with Gasteiger partial charge in [0.2, 0.25) is 11.8 Å². The molecule has 0 saturated carbocycles. The van der Waals surface area contributed by atoms with Crippen LogP contribution in [-0.4, -0.2) is 33.2 Å². The molecule has 2 unspecified atom stereocenters. The molecule has 0 aliphatic carbocycles. The number of imidazole rings is 1. The maximum absolute atomic E-state index is 13.1. The van der Waals surface area contributed by atoms with Crippen LogP contribution >= 0.6 is 0 Å². The minimum Gasteiger partial charge on any atom is -0.349 e. The van der Waals surface area contributed by atoms with Crippen LogP contribution in [0.1, 0.15) is 49.7 Å². The SMILES string of the molecule is CC(=O)NC(CC(=O)N1CCCC1c1nc2ccccc2[nH]1)c1ccccc1. The van der Waals surface area contributed by atoms with Gasteiger partial charge in [-0.25, -0.2) is 4.98 Å². The van der Waals surface area contributed by atoms with Crippen LogP contribution in [0.5, 0.6) is 0 Å².